The Morgan fingerprint density at radius 1 is 1.39 bits per heavy atom. The minimum Gasteiger partial charge on any atom is -0.479 e. The lowest BCUT2D eigenvalue weighted by atomic mass is 9.84. The summed E-state index contributed by atoms with van der Waals surface area (Å²) in [5.41, 5.74) is 5.57. The summed E-state index contributed by atoms with van der Waals surface area (Å²) < 4.78 is 4.73. The Labute approximate surface area is 108 Å². The quantitative estimate of drug-likeness (QED) is 0.607. The van der Waals surface area contributed by atoms with Gasteiger partial charge in [-0.05, 0) is 11.8 Å². The summed E-state index contributed by atoms with van der Waals surface area (Å²) in [4.78, 5) is 22.6. The molecule has 0 aromatic heterocycles. The molecule has 0 rings (SSSR count). The second kappa shape index (κ2) is 7.33. The summed E-state index contributed by atoms with van der Waals surface area (Å²) in [6.07, 6.45) is -0.373. The molecule has 6 nitrogen and oxygen atoms in total. The minimum atomic E-state index is -1.10. The Hall–Kier alpha value is -1.14. The molecule has 4 N–H and O–H groups in total. The Kier molecular flexibility index (Phi) is 6.86. The fourth-order valence-electron chi connectivity index (χ4n) is 1.63. The highest BCUT2D eigenvalue weighted by Gasteiger charge is 2.25. The number of carboxylic acid groups (broad SMARTS) is 1. The molecule has 0 aromatic rings. The molecule has 18 heavy (non-hydrogen) atoms. The molecule has 1 amide bonds. The van der Waals surface area contributed by atoms with Gasteiger partial charge in [-0.25, -0.2) is 4.79 Å². The maximum atomic E-state index is 11.9. The first kappa shape index (κ1) is 16.9. The van der Waals surface area contributed by atoms with E-state index in [1.807, 2.05) is 20.8 Å². The van der Waals surface area contributed by atoms with Crippen LogP contribution in [0.5, 0.6) is 0 Å². The van der Waals surface area contributed by atoms with Crippen LogP contribution >= 0.6 is 0 Å². The molecule has 0 bridgehead atoms. The SMILES string of the molecule is COC(CNC(=O)C(CN)CC(C)(C)C)C(=O)O. The number of carboxylic acids is 1. The summed E-state index contributed by atoms with van der Waals surface area (Å²) in [6, 6.07) is 0. The van der Waals surface area contributed by atoms with Gasteiger partial charge in [0.1, 0.15) is 0 Å². The number of nitrogens with one attached hydrogen (secondary N) is 1. The molecule has 2 unspecified atom stereocenters. The molecule has 0 fully saturated rings. The van der Waals surface area contributed by atoms with Gasteiger partial charge < -0.3 is 20.9 Å². The molecule has 0 spiro atoms. The number of rotatable bonds is 7. The van der Waals surface area contributed by atoms with Gasteiger partial charge in [-0.2, -0.15) is 0 Å². The highest BCUT2D eigenvalue weighted by Crippen LogP contribution is 2.23. The fourth-order valence-corrected chi connectivity index (χ4v) is 1.63. The van der Waals surface area contributed by atoms with Crippen LogP contribution in [-0.4, -0.2) is 43.3 Å². The molecule has 6 heteroatoms. The van der Waals surface area contributed by atoms with Gasteiger partial charge in [0.25, 0.3) is 0 Å². The monoisotopic (exact) mass is 260 g/mol. The first-order chi connectivity index (χ1) is 8.21. The van der Waals surface area contributed by atoms with Crippen molar-refractivity contribution in [1.29, 1.82) is 0 Å². The van der Waals surface area contributed by atoms with Gasteiger partial charge in [0.2, 0.25) is 5.91 Å². The molecular formula is C12H24N2O4. The van der Waals surface area contributed by atoms with Gasteiger partial charge >= 0.3 is 5.97 Å². The maximum absolute atomic E-state index is 11.9. The number of nitrogens with two attached hydrogens (primary N) is 1. The van der Waals surface area contributed by atoms with Crippen molar-refractivity contribution < 1.29 is 19.4 Å². The van der Waals surface area contributed by atoms with Crippen LogP contribution in [0.2, 0.25) is 0 Å². The van der Waals surface area contributed by atoms with Crippen LogP contribution in [-0.2, 0) is 14.3 Å². The van der Waals surface area contributed by atoms with E-state index >= 15 is 0 Å². The predicted octanol–water partition coefficient (Wildman–Crippen LogP) is 0.213. The fraction of sp³-hybridized carbons (Fsp3) is 0.833. The lowest BCUT2D eigenvalue weighted by molar-refractivity contribution is -0.148. The zero-order valence-corrected chi connectivity index (χ0v) is 11.5. The van der Waals surface area contributed by atoms with E-state index < -0.39 is 12.1 Å². The van der Waals surface area contributed by atoms with E-state index in [4.69, 9.17) is 15.6 Å². The van der Waals surface area contributed by atoms with Crippen LogP contribution in [0.25, 0.3) is 0 Å². The van der Waals surface area contributed by atoms with Crippen LogP contribution < -0.4 is 11.1 Å². The van der Waals surface area contributed by atoms with Crippen molar-refractivity contribution in [3.63, 3.8) is 0 Å². The van der Waals surface area contributed by atoms with Crippen molar-refractivity contribution in [1.82, 2.24) is 5.32 Å². The van der Waals surface area contributed by atoms with Crippen molar-refractivity contribution in [2.45, 2.75) is 33.3 Å². The zero-order chi connectivity index (χ0) is 14.3. The van der Waals surface area contributed by atoms with E-state index in [1.54, 1.807) is 0 Å². The van der Waals surface area contributed by atoms with Crippen molar-refractivity contribution in [2.24, 2.45) is 17.1 Å². The van der Waals surface area contributed by atoms with E-state index in [2.05, 4.69) is 5.32 Å². The molecule has 0 radical (unpaired) electrons. The predicted molar refractivity (Wildman–Crippen MR) is 68.1 cm³/mol. The highest BCUT2D eigenvalue weighted by molar-refractivity contribution is 5.80. The number of aliphatic carboxylic acids is 1. The topological polar surface area (TPSA) is 102 Å². The molecule has 0 saturated carbocycles. The summed E-state index contributed by atoms with van der Waals surface area (Å²) in [6.45, 7) is 6.27. The van der Waals surface area contributed by atoms with Crippen LogP contribution in [0.1, 0.15) is 27.2 Å². The molecule has 106 valence electrons. The second-order valence-electron chi connectivity index (χ2n) is 5.51. The van der Waals surface area contributed by atoms with Crippen molar-refractivity contribution in [3.05, 3.63) is 0 Å². The number of hydrogen-bond acceptors (Lipinski definition) is 4. The van der Waals surface area contributed by atoms with E-state index in [9.17, 15) is 9.59 Å². The smallest absolute Gasteiger partial charge is 0.334 e. The number of carbonyl (C=O) groups excluding carboxylic acids is 1. The highest BCUT2D eigenvalue weighted by atomic mass is 16.5. The van der Waals surface area contributed by atoms with Gasteiger partial charge in [0, 0.05) is 13.7 Å². The van der Waals surface area contributed by atoms with Crippen LogP contribution in [0.4, 0.5) is 0 Å². The lowest BCUT2D eigenvalue weighted by Gasteiger charge is -2.24. The number of amides is 1. The molecule has 2 atom stereocenters. The minimum absolute atomic E-state index is 0.00513. The Bertz CT molecular complexity index is 286. The van der Waals surface area contributed by atoms with E-state index in [-0.39, 0.29) is 30.3 Å². The summed E-state index contributed by atoms with van der Waals surface area (Å²) in [7, 11) is 1.29. The number of methoxy groups -OCH3 is 1. The third-order valence-corrected chi connectivity index (χ3v) is 2.54. The molecule has 0 heterocycles. The van der Waals surface area contributed by atoms with Gasteiger partial charge in [0.15, 0.2) is 6.10 Å². The second-order valence-corrected chi connectivity index (χ2v) is 5.51. The Morgan fingerprint density at radius 3 is 2.28 bits per heavy atom. The third kappa shape index (κ3) is 6.56. The van der Waals surface area contributed by atoms with Gasteiger partial charge in [-0.15, -0.1) is 0 Å². The lowest BCUT2D eigenvalue weighted by Crippen LogP contribution is -2.43. The third-order valence-electron chi connectivity index (χ3n) is 2.54. The molecule has 0 aliphatic heterocycles. The molecule has 0 aliphatic carbocycles. The molecule has 0 aromatic carbocycles. The average Bonchev–Trinajstić information content (AvgIpc) is 2.24. The number of ether oxygens (including phenoxy) is 1. The van der Waals surface area contributed by atoms with Gasteiger partial charge in [0.05, 0.1) is 12.5 Å². The first-order valence-electron chi connectivity index (χ1n) is 5.94. The standard InChI is InChI=1S/C12H24N2O4/c1-12(2,3)5-8(6-13)10(15)14-7-9(18-4)11(16)17/h8-9H,5-7,13H2,1-4H3,(H,14,15)(H,16,17). The van der Waals surface area contributed by atoms with Crippen LogP contribution in [0.15, 0.2) is 0 Å². The van der Waals surface area contributed by atoms with Crippen molar-refractivity contribution >= 4 is 11.9 Å². The summed E-state index contributed by atoms with van der Waals surface area (Å²) >= 11 is 0. The van der Waals surface area contributed by atoms with Gasteiger partial charge in [-0.1, -0.05) is 20.8 Å². The summed E-state index contributed by atoms with van der Waals surface area (Å²) in [5.74, 6) is -1.63. The van der Waals surface area contributed by atoms with Gasteiger partial charge in [-0.3, -0.25) is 4.79 Å². The molecule has 0 aliphatic rings. The molecule has 0 saturated heterocycles. The Morgan fingerprint density at radius 2 is 1.94 bits per heavy atom. The van der Waals surface area contributed by atoms with Crippen molar-refractivity contribution in [3.8, 4) is 0 Å². The number of hydrogen-bond donors (Lipinski definition) is 3. The average molecular weight is 260 g/mol. The van der Waals surface area contributed by atoms with Crippen molar-refractivity contribution in [2.75, 3.05) is 20.2 Å². The van der Waals surface area contributed by atoms with Crippen LogP contribution in [0.3, 0.4) is 0 Å². The maximum Gasteiger partial charge on any atom is 0.334 e. The van der Waals surface area contributed by atoms with E-state index in [0.717, 1.165) is 0 Å². The van der Waals surface area contributed by atoms with E-state index in [0.29, 0.717) is 6.42 Å². The Balaban J connectivity index is 4.32. The largest absolute Gasteiger partial charge is 0.479 e. The van der Waals surface area contributed by atoms with E-state index in [1.165, 1.54) is 7.11 Å². The normalized spacial score (nSPS) is 14.9. The zero-order valence-electron chi connectivity index (χ0n) is 11.5. The molecular weight excluding hydrogens is 236 g/mol. The number of carbonyl (C=O) groups is 2. The van der Waals surface area contributed by atoms with Crippen LogP contribution in [0, 0.1) is 11.3 Å². The summed E-state index contributed by atoms with van der Waals surface area (Å²) in [5, 5.41) is 11.3. The first-order valence-corrected chi connectivity index (χ1v) is 5.94.